The summed E-state index contributed by atoms with van der Waals surface area (Å²) in [6.07, 6.45) is 6.06. The van der Waals surface area contributed by atoms with Gasteiger partial charge in [0.05, 0.1) is 6.07 Å². The monoisotopic (exact) mass is 272 g/mol. The van der Waals surface area contributed by atoms with Gasteiger partial charge in [0.1, 0.15) is 5.54 Å². The summed E-state index contributed by atoms with van der Waals surface area (Å²) in [4.78, 5) is 3.76. The van der Waals surface area contributed by atoms with Crippen molar-refractivity contribution in [2.24, 2.45) is 0 Å². The van der Waals surface area contributed by atoms with Gasteiger partial charge in [-0.3, -0.25) is 4.90 Å². The van der Waals surface area contributed by atoms with Crippen molar-refractivity contribution in [3.63, 3.8) is 0 Å². The average molecular weight is 272 g/mol. The molecule has 2 heterocycles. The maximum absolute atomic E-state index is 9.93. The molecule has 0 bridgehead atoms. The van der Waals surface area contributed by atoms with Crippen LogP contribution in [0.5, 0.6) is 0 Å². The molecule has 0 amide bonds. The van der Waals surface area contributed by atoms with Gasteiger partial charge in [-0.2, -0.15) is 5.26 Å². The second-order valence-electron chi connectivity index (χ2n) is 5.47. The van der Waals surface area contributed by atoms with E-state index in [0.717, 1.165) is 25.3 Å². The molecule has 1 aromatic rings. The molecule has 0 aromatic heterocycles. The van der Waals surface area contributed by atoms with E-state index >= 15 is 0 Å². The predicted molar refractivity (Wildman–Crippen MR) is 79.1 cm³/mol. The van der Waals surface area contributed by atoms with E-state index in [-0.39, 0.29) is 5.54 Å². The Bertz CT molecular complexity index is 486. The maximum Gasteiger partial charge on any atom is 0.136 e. The van der Waals surface area contributed by atoms with Crippen molar-refractivity contribution in [1.82, 2.24) is 4.90 Å². The molecular weight excluding hydrogens is 252 g/mol. The van der Waals surface area contributed by atoms with Crippen LogP contribution >= 0.6 is 11.8 Å². The SMILES string of the molecule is N#CC1(N2CCCCCC2)CCSc2ccccc21. The molecule has 100 valence electrons. The van der Waals surface area contributed by atoms with Crippen molar-refractivity contribution in [2.45, 2.75) is 42.5 Å². The molecule has 1 aromatic carbocycles. The molecule has 1 unspecified atom stereocenters. The summed E-state index contributed by atoms with van der Waals surface area (Å²) in [6.45, 7) is 2.15. The van der Waals surface area contributed by atoms with E-state index in [9.17, 15) is 5.26 Å². The van der Waals surface area contributed by atoms with Crippen molar-refractivity contribution in [3.8, 4) is 6.07 Å². The van der Waals surface area contributed by atoms with E-state index < -0.39 is 0 Å². The third kappa shape index (κ3) is 2.28. The first-order valence-electron chi connectivity index (χ1n) is 7.25. The molecule has 2 aliphatic heterocycles. The number of rotatable bonds is 1. The van der Waals surface area contributed by atoms with E-state index in [1.807, 2.05) is 11.8 Å². The third-order valence-electron chi connectivity index (χ3n) is 4.38. The zero-order valence-electron chi connectivity index (χ0n) is 11.3. The van der Waals surface area contributed by atoms with Gasteiger partial charge in [0, 0.05) is 16.2 Å². The largest absolute Gasteiger partial charge is 0.282 e. The summed E-state index contributed by atoms with van der Waals surface area (Å²) < 4.78 is 0. The Kier molecular flexibility index (Phi) is 3.81. The van der Waals surface area contributed by atoms with Gasteiger partial charge in [0.25, 0.3) is 0 Å². The topological polar surface area (TPSA) is 27.0 Å². The highest BCUT2D eigenvalue weighted by Gasteiger charge is 2.42. The fraction of sp³-hybridized carbons (Fsp3) is 0.562. The molecule has 1 saturated heterocycles. The van der Waals surface area contributed by atoms with Crippen LogP contribution in [0.3, 0.4) is 0 Å². The summed E-state index contributed by atoms with van der Waals surface area (Å²) in [5, 5.41) is 9.93. The van der Waals surface area contributed by atoms with Crippen molar-refractivity contribution >= 4 is 11.8 Å². The van der Waals surface area contributed by atoms with Crippen LogP contribution in [0.1, 0.15) is 37.7 Å². The van der Waals surface area contributed by atoms with Crippen molar-refractivity contribution in [3.05, 3.63) is 29.8 Å². The molecule has 0 saturated carbocycles. The molecule has 2 aliphatic rings. The van der Waals surface area contributed by atoms with Crippen LogP contribution < -0.4 is 0 Å². The standard InChI is InChI=1S/C16H20N2S/c17-13-16(18-10-5-1-2-6-11-18)9-12-19-15-8-4-3-7-14(15)16/h3-4,7-8H,1-2,5-6,9-12H2. The molecule has 0 spiro atoms. The van der Waals surface area contributed by atoms with Gasteiger partial charge in [-0.15, -0.1) is 11.8 Å². The molecule has 0 aliphatic carbocycles. The van der Waals surface area contributed by atoms with Crippen LogP contribution in [0.2, 0.25) is 0 Å². The minimum absolute atomic E-state index is 0.369. The first-order chi connectivity index (χ1) is 9.37. The molecule has 0 N–H and O–H groups in total. The van der Waals surface area contributed by atoms with E-state index in [2.05, 4.69) is 35.2 Å². The van der Waals surface area contributed by atoms with Gasteiger partial charge in [-0.1, -0.05) is 31.0 Å². The van der Waals surface area contributed by atoms with E-state index in [1.165, 1.54) is 36.1 Å². The fourth-order valence-electron chi connectivity index (χ4n) is 3.35. The Hall–Kier alpha value is -0.980. The van der Waals surface area contributed by atoms with Crippen LogP contribution in [-0.2, 0) is 5.54 Å². The molecule has 19 heavy (non-hydrogen) atoms. The van der Waals surface area contributed by atoms with Crippen LogP contribution in [0, 0.1) is 11.3 Å². The van der Waals surface area contributed by atoms with Gasteiger partial charge >= 0.3 is 0 Å². The molecule has 3 rings (SSSR count). The first kappa shape index (κ1) is 13.0. The molecule has 0 radical (unpaired) electrons. The lowest BCUT2D eigenvalue weighted by molar-refractivity contribution is 0.133. The highest BCUT2D eigenvalue weighted by atomic mass is 32.2. The zero-order chi connectivity index (χ0) is 13.1. The Morgan fingerprint density at radius 3 is 2.58 bits per heavy atom. The minimum Gasteiger partial charge on any atom is -0.282 e. The first-order valence-corrected chi connectivity index (χ1v) is 8.24. The number of hydrogen-bond acceptors (Lipinski definition) is 3. The highest BCUT2D eigenvalue weighted by Crippen LogP contribution is 2.44. The van der Waals surface area contributed by atoms with E-state index in [0.29, 0.717) is 0 Å². The van der Waals surface area contributed by atoms with Crippen molar-refractivity contribution < 1.29 is 0 Å². The van der Waals surface area contributed by atoms with Crippen LogP contribution in [-0.4, -0.2) is 23.7 Å². The molecule has 2 nitrogen and oxygen atoms in total. The summed E-state index contributed by atoms with van der Waals surface area (Å²) in [5.41, 5.74) is 0.877. The van der Waals surface area contributed by atoms with Crippen LogP contribution in [0.15, 0.2) is 29.2 Å². The Morgan fingerprint density at radius 2 is 1.84 bits per heavy atom. The average Bonchev–Trinajstić information content (AvgIpc) is 2.76. The number of nitrogens with zero attached hydrogens (tertiary/aromatic N) is 2. The lowest BCUT2D eigenvalue weighted by atomic mass is 9.86. The van der Waals surface area contributed by atoms with Crippen molar-refractivity contribution in [2.75, 3.05) is 18.8 Å². The number of benzene rings is 1. The van der Waals surface area contributed by atoms with E-state index in [4.69, 9.17) is 0 Å². The third-order valence-corrected chi connectivity index (χ3v) is 5.46. The number of nitriles is 1. The van der Waals surface area contributed by atoms with Crippen molar-refractivity contribution in [1.29, 1.82) is 5.26 Å². The van der Waals surface area contributed by atoms with Gasteiger partial charge in [-0.05, 0) is 38.4 Å². The molecule has 3 heteroatoms. The van der Waals surface area contributed by atoms with Crippen LogP contribution in [0.4, 0.5) is 0 Å². The lowest BCUT2D eigenvalue weighted by Crippen LogP contribution is -2.47. The number of hydrogen-bond donors (Lipinski definition) is 0. The Labute approximate surface area is 119 Å². The van der Waals surface area contributed by atoms with Gasteiger partial charge in [-0.25, -0.2) is 0 Å². The van der Waals surface area contributed by atoms with Crippen LogP contribution in [0.25, 0.3) is 0 Å². The predicted octanol–water partition coefficient (Wildman–Crippen LogP) is 3.78. The maximum atomic E-state index is 9.93. The number of thioether (sulfide) groups is 1. The zero-order valence-corrected chi connectivity index (χ0v) is 12.1. The van der Waals surface area contributed by atoms with Gasteiger partial charge < -0.3 is 0 Å². The highest BCUT2D eigenvalue weighted by molar-refractivity contribution is 7.99. The Morgan fingerprint density at radius 1 is 1.11 bits per heavy atom. The second-order valence-corrected chi connectivity index (χ2v) is 6.60. The van der Waals surface area contributed by atoms with Gasteiger partial charge in [0.15, 0.2) is 0 Å². The Balaban J connectivity index is 2.02. The summed E-state index contributed by atoms with van der Waals surface area (Å²) >= 11 is 1.90. The van der Waals surface area contributed by atoms with Gasteiger partial charge in [0.2, 0.25) is 0 Å². The lowest BCUT2D eigenvalue weighted by Gasteiger charge is -2.42. The molecule has 1 atom stereocenters. The number of fused-ring (bicyclic) bond motifs is 1. The molecular formula is C16H20N2S. The molecule has 1 fully saturated rings. The summed E-state index contributed by atoms with van der Waals surface area (Å²) in [7, 11) is 0. The second kappa shape index (κ2) is 5.56. The smallest absolute Gasteiger partial charge is 0.136 e. The summed E-state index contributed by atoms with van der Waals surface area (Å²) in [6, 6.07) is 11.2. The normalized spacial score (nSPS) is 28.2. The fourth-order valence-corrected chi connectivity index (χ4v) is 4.53. The quantitative estimate of drug-likeness (QED) is 0.778. The summed E-state index contributed by atoms with van der Waals surface area (Å²) in [5.74, 6) is 1.06. The minimum atomic E-state index is -0.369. The number of likely N-dealkylation sites (tertiary alicyclic amines) is 1. The van der Waals surface area contributed by atoms with E-state index in [1.54, 1.807) is 0 Å².